The lowest BCUT2D eigenvalue weighted by molar-refractivity contribution is 0.0911. The van der Waals surface area contributed by atoms with Gasteiger partial charge in [-0.3, -0.25) is 4.79 Å². The molecule has 1 amide bonds. The van der Waals surface area contributed by atoms with Crippen molar-refractivity contribution in [1.82, 2.24) is 10.3 Å². The molecule has 6 heteroatoms. The molecule has 0 aliphatic heterocycles. The molecule has 0 bridgehead atoms. The Labute approximate surface area is 121 Å². The summed E-state index contributed by atoms with van der Waals surface area (Å²) in [5.74, 6) is 0.299. The molecule has 2 rings (SSSR count). The van der Waals surface area contributed by atoms with Crippen LogP contribution in [-0.2, 0) is 5.54 Å². The van der Waals surface area contributed by atoms with Gasteiger partial charge in [-0.2, -0.15) is 0 Å². The third-order valence-corrected chi connectivity index (χ3v) is 3.99. The molecule has 0 spiro atoms. The number of aromatic nitrogens is 1. The summed E-state index contributed by atoms with van der Waals surface area (Å²) in [5, 5.41) is 5.70. The van der Waals surface area contributed by atoms with Gasteiger partial charge in [-0.25, -0.2) is 4.98 Å². The highest BCUT2D eigenvalue weighted by atomic mass is 32.1. The van der Waals surface area contributed by atoms with Crippen LogP contribution < -0.4 is 15.8 Å². The number of anilines is 1. The van der Waals surface area contributed by atoms with E-state index in [4.69, 9.17) is 10.5 Å². The van der Waals surface area contributed by atoms with Crippen LogP contribution in [0.3, 0.4) is 0 Å². The van der Waals surface area contributed by atoms with Gasteiger partial charge < -0.3 is 15.8 Å². The van der Waals surface area contributed by atoms with E-state index in [0.717, 1.165) is 5.01 Å². The zero-order chi connectivity index (χ0) is 14.8. The third kappa shape index (κ3) is 2.91. The van der Waals surface area contributed by atoms with Crippen LogP contribution in [0.15, 0.2) is 29.8 Å². The van der Waals surface area contributed by atoms with E-state index >= 15 is 0 Å². The monoisotopic (exact) mass is 291 g/mol. The summed E-state index contributed by atoms with van der Waals surface area (Å²) < 4.78 is 5.12. The summed E-state index contributed by atoms with van der Waals surface area (Å²) in [5.41, 5.74) is 6.22. The summed E-state index contributed by atoms with van der Waals surface area (Å²) in [7, 11) is 1.52. The topological polar surface area (TPSA) is 77.2 Å². The van der Waals surface area contributed by atoms with E-state index in [1.54, 1.807) is 24.4 Å². The number of nitrogens with zero attached hydrogens (tertiary/aromatic N) is 1. The van der Waals surface area contributed by atoms with Crippen molar-refractivity contribution in [2.75, 3.05) is 12.8 Å². The number of carbonyl (C=O) groups excluding carboxylic acids is 1. The molecule has 0 aliphatic rings. The van der Waals surface area contributed by atoms with E-state index in [2.05, 4.69) is 10.3 Å². The first kappa shape index (κ1) is 14.3. The van der Waals surface area contributed by atoms with Crippen molar-refractivity contribution >= 4 is 22.9 Å². The van der Waals surface area contributed by atoms with Gasteiger partial charge in [-0.15, -0.1) is 11.3 Å². The first-order valence-corrected chi connectivity index (χ1v) is 6.98. The highest BCUT2D eigenvalue weighted by Gasteiger charge is 2.26. The molecule has 0 unspecified atom stereocenters. The smallest absolute Gasteiger partial charge is 0.252 e. The van der Waals surface area contributed by atoms with Crippen LogP contribution in [0.25, 0.3) is 0 Å². The largest absolute Gasteiger partial charge is 0.495 e. The number of hydrogen-bond acceptors (Lipinski definition) is 5. The fourth-order valence-corrected chi connectivity index (χ4v) is 2.51. The Kier molecular flexibility index (Phi) is 3.94. The van der Waals surface area contributed by atoms with E-state index in [9.17, 15) is 4.79 Å². The maximum atomic E-state index is 12.3. The highest BCUT2D eigenvalue weighted by Crippen LogP contribution is 2.25. The highest BCUT2D eigenvalue weighted by molar-refractivity contribution is 7.09. The van der Waals surface area contributed by atoms with Crippen LogP contribution in [0.1, 0.15) is 29.2 Å². The Bertz CT molecular complexity index is 609. The summed E-state index contributed by atoms with van der Waals surface area (Å²) in [4.78, 5) is 16.5. The number of amides is 1. The quantitative estimate of drug-likeness (QED) is 0.848. The molecule has 106 valence electrons. The summed E-state index contributed by atoms with van der Waals surface area (Å²) in [6.45, 7) is 3.83. The molecule has 1 heterocycles. The van der Waals surface area contributed by atoms with E-state index in [1.165, 1.54) is 18.4 Å². The molecule has 0 saturated heterocycles. The molecule has 2 aromatic rings. The molecule has 20 heavy (non-hydrogen) atoms. The Morgan fingerprint density at radius 2 is 2.20 bits per heavy atom. The Morgan fingerprint density at radius 3 is 2.80 bits per heavy atom. The molecule has 0 saturated carbocycles. The van der Waals surface area contributed by atoms with Crippen molar-refractivity contribution in [1.29, 1.82) is 0 Å². The van der Waals surface area contributed by atoms with Crippen molar-refractivity contribution in [3.63, 3.8) is 0 Å². The zero-order valence-corrected chi connectivity index (χ0v) is 12.5. The average molecular weight is 291 g/mol. The summed E-state index contributed by atoms with van der Waals surface area (Å²) in [6.07, 6.45) is 1.72. The van der Waals surface area contributed by atoms with Crippen molar-refractivity contribution in [3.8, 4) is 5.75 Å². The minimum absolute atomic E-state index is 0.191. The van der Waals surface area contributed by atoms with Crippen LogP contribution in [0, 0.1) is 0 Å². The molecule has 3 N–H and O–H groups in total. The van der Waals surface area contributed by atoms with Crippen molar-refractivity contribution in [3.05, 3.63) is 40.3 Å². The maximum absolute atomic E-state index is 12.3. The normalized spacial score (nSPS) is 11.2. The second-order valence-corrected chi connectivity index (χ2v) is 5.77. The fourth-order valence-electron chi connectivity index (χ4n) is 1.79. The zero-order valence-electron chi connectivity index (χ0n) is 11.6. The number of nitrogens with two attached hydrogens (primary N) is 1. The minimum Gasteiger partial charge on any atom is -0.495 e. The van der Waals surface area contributed by atoms with E-state index in [-0.39, 0.29) is 5.91 Å². The Balaban J connectivity index is 2.20. The molecule has 0 aliphatic carbocycles. The van der Waals surface area contributed by atoms with Gasteiger partial charge in [0, 0.05) is 17.1 Å². The van der Waals surface area contributed by atoms with Gasteiger partial charge in [0.2, 0.25) is 0 Å². The van der Waals surface area contributed by atoms with E-state index in [1.807, 2.05) is 19.2 Å². The number of nitrogen functional groups attached to an aromatic ring is 1. The molecule has 0 atom stereocenters. The van der Waals surface area contributed by atoms with Crippen LogP contribution in [0.4, 0.5) is 5.69 Å². The Hall–Kier alpha value is -2.08. The standard InChI is InChI=1S/C14H17N3O2S/c1-14(2,13-16-6-7-20-13)17-12(18)9-4-5-10(15)11(8-9)19-3/h4-8H,15H2,1-3H3,(H,17,18). The molecule has 1 aromatic heterocycles. The van der Waals surface area contributed by atoms with Crippen LogP contribution in [-0.4, -0.2) is 18.0 Å². The number of rotatable bonds is 4. The first-order valence-electron chi connectivity index (χ1n) is 6.10. The molecular formula is C14H17N3O2S. The molecule has 1 aromatic carbocycles. The number of benzene rings is 1. The van der Waals surface area contributed by atoms with Crippen LogP contribution in [0.2, 0.25) is 0 Å². The van der Waals surface area contributed by atoms with Gasteiger partial charge in [0.15, 0.2) is 0 Å². The van der Waals surface area contributed by atoms with Crippen molar-refractivity contribution < 1.29 is 9.53 Å². The lowest BCUT2D eigenvalue weighted by atomic mass is 10.1. The second-order valence-electron chi connectivity index (χ2n) is 4.87. The SMILES string of the molecule is COc1cc(C(=O)NC(C)(C)c2nccs2)ccc1N. The average Bonchev–Trinajstić information content (AvgIpc) is 2.93. The van der Waals surface area contributed by atoms with Crippen molar-refractivity contribution in [2.24, 2.45) is 0 Å². The molecule has 5 nitrogen and oxygen atoms in total. The van der Waals surface area contributed by atoms with Crippen molar-refractivity contribution in [2.45, 2.75) is 19.4 Å². The Morgan fingerprint density at radius 1 is 1.45 bits per heavy atom. The molecular weight excluding hydrogens is 274 g/mol. The lowest BCUT2D eigenvalue weighted by Gasteiger charge is -2.24. The van der Waals surface area contributed by atoms with Gasteiger partial charge in [-0.05, 0) is 32.0 Å². The molecule has 0 radical (unpaired) electrons. The van der Waals surface area contributed by atoms with Crippen LogP contribution in [0.5, 0.6) is 5.75 Å². The summed E-state index contributed by atoms with van der Waals surface area (Å²) >= 11 is 1.51. The number of hydrogen-bond donors (Lipinski definition) is 2. The van der Waals surface area contributed by atoms with E-state index in [0.29, 0.717) is 17.0 Å². The number of thiazole rings is 1. The summed E-state index contributed by atoms with van der Waals surface area (Å²) in [6, 6.07) is 4.96. The predicted molar refractivity (Wildman–Crippen MR) is 80.0 cm³/mol. The van der Waals surface area contributed by atoms with Crippen LogP contribution >= 0.6 is 11.3 Å². The fraction of sp³-hybridized carbons (Fsp3) is 0.286. The number of carbonyl (C=O) groups is 1. The van der Waals surface area contributed by atoms with E-state index < -0.39 is 5.54 Å². The number of methoxy groups -OCH3 is 1. The first-order chi connectivity index (χ1) is 9.44. The maximum Gasteiger partial charge on any atom is 0.252 e. The lowest BCUT2D eigenvalue weighted by Crippen LogP contribution is -2.40. The van der Waals surface area contributed by atoms with Gasteiger partial charge in [-0.1, -0.05) is 0 Å². The molecule has 0 fully saturated rings. The second kappa shape index (κ2) is 5.50. The van der Waals surface area contributed by atoms with Gasteiger partial charge >= 0.3 is 0 Å². The van der Waals surface area contributed by atoms with Gasteiger partial charge in [0.25, 0.3) is 5.91 Å². The number of nitrogens with one attached hydrogen (secondary N) is 1. The predicted octanol–water partition coefficient (Wildman–Crippen LogP) is 2.40. The number of ether oxygens (including phenoxy) is 1. The van der Waals surface area contributed by atoms with Gasteiger partial charge in [0.1, 0.15) is 10.8 Å². The third-order valence-electron chi connectivity index (χ3n) is 2.89. The minimum atomic E-state index is -0.528. The van der Waals surface area contributed by atoms with Gasteiger partial charge in [0.05, 0.1) is 18.3 Å².